The van der Waals surface area contributed by atoms with Crippen LogP contribution in [-0.2, 0) is 16.6 Å². The third-order valence-electron chi connectivity index (χ3n) is 4.55. The summed E-state index contributed by atoms with van der Waals surface area (Å²) in [6.45, 7) is 0. The van der Waals surface area contributed by atoms with E-state index in [0.717, 1.165) is 19.3 Å². The average Bonchev–Trinajstić information content (AvgIpc) is 2.94. The Morgan fingerprint density at radius 3 is 2.50 bits per heavy atom. The van der Waals surface area contributed by atoms with E-state index in [4.69, 9.17) is 10.00 Å². The predicted molar refractivity (Wildman–Crippen MR) is 80.1 cm³/mol. The Morgan fingerprint density at radius 1 is 1.36 bits per heavy atom. The highest BCUT2D eigenvalue weighted by atomic mass is 16.5. The molecule has 0 bridgehead atoms. The highest BCUT2D eigenvalue weighted by molar-refractivity contribution is 5.97. The number of ether oxygens (including phenoxy) is 1. The molecule has 0 spiro atoms. The van der Waals surface area contributed by atoms with Gasteiger partial charge in [-0.05, 0) is 18.9 Å². The Hall–Kier alpha value is -2.29. The van der Waals surface area contributed by atoms with Gasteiger partial charge in [0.25, 0.3) is 5.91 Å². The summed E-state index contributed by atoms with van der Waals surface area (Å²) >= 11 is 0. The van der Waals surface area contributed by atoms with E-state index in [2.05, 4.69) is 0 Å². The molecule has 0 radical (unpaired) electrons. The van der Waals surface area contributed by atoms with E-state index in [1.165, 1.54) is 12.0 Å². The largest absolute Gasteiger partial charge is 0.467 e. The number of nitrogens with zero attached hydrogens (tertiary/aromatic N) is 3. The third kappa shape index (κ3) is 2.59. The molecule has 0 unspecified atom stereocenters. The number of hydrogen-bond donors (Lipinski definition) is 0. The van der Waals surface area contributed by atoms with Gasteiger partial charge in [0.2, 0.25) is 0 Å². The van der Waals surface area contributed by atoms with Crippen LogP contribution in [0.15, 0.2) is 12.3 Å². The average molecular weight is 303 g/mol. The lowest BCUT2D eigenvalue weighted by molar-refractivity contribution is -0.155. The van der Waals surface area contributed by atoms with Crippen LogP contribution in [0.25, 0.3) is 0 Å². The number of aromatic nitrogens is 1. The minimum atomic E-state index is -0.902. The highest BCUT2D eigenvalue weighted by Gasteiger charge is 2.46. The van der Waals surface area contributed by atoms with Crippen molar-refractivity contribution in [2.75, 3.05) is 14.2 Å². The molecule has 1 heterocycles. The van der Waals surface area contributed by atoms with Crippen molar-refractivity contribution in [2.45, 2.75) is 37.6 Å². The normalized spacial score (nSPS) is 16.6. The first-order valence-corrected chi connectivity index (χ1v) is 7.39. The van der Waals surface area contributed by atoms with Crippen LogP contribution in [-0.4, -0.2) is 41.0 Å². The second kappa shape index (κ2) is 6.22. The Labute approximate surface area is 130 Å². The monoisotopic (exact) mass is 303 g/mol. The molecule has 1 aromatic heterocycles. The minimum Gasteiger partial charge on any atom is -0.467 e. The molecule has 0 N–H and O–H groups in total. The van der Waals surface area contributed by atoms with E-state index in [1.54, 1.807) is 30.9 Å². The SMILES string of the molecule is COC(=O)C1(N(C)C(=O)c2cc(C#N)cn2C)CCCCC1. The van der Waals surface area contributed by atoms with Crippen molar-refractivity contribution >= 4 is 11.9 Å². The Kier molecular flexibility index (Phi) is 4.55. The van der Waals surface area contributed by atoms with Gasteiger partial charge in [0.1, 0.15) is 17.3 Å². The van der Waals surface area contributed by atoms with Crippen LogP contribution in [0, 0.1) is 11.3 Å². The second-order valence-corrected chi connectivity index (χ2v) is 5.78. The van der Waals surface area contributed by atoms with Gasteiger partial charge in [-0.15, -0.1) is 0 Å². The summed E-state index contributed by atoms with van der Waals surface area (Å²) in [6, 6.07) is 3.57. The number of likely N-dealkylation sites (N-methyl/N-ethyl adjacent to an activating group) is 1. The predicted octanol–water partition coefficient (Wildman–Crippen LogP) is 1.84. The maximum Gasteiger partial charge on any atom is 0.331 e. The molecule has 0 atom stereocenters. The van der Waals surface area contributed by atoms with Gasteiger partial charge in [0, 0.05) is 20.3 Å². The molecule has 1 aliphatic carbocycles. The van der Waals surface area contributed by atoms with Gasteiger partial charge in [-0.25, -0.2) is 4.79 Å². The number of aryl methyl sites for hydroxylation is 1. The van der Waals surface area contributed by atoms with Crippen molar-refractivity contribution in [3.05, 3.63) is 23.5 Å². The van der Waals surface area contributed by atoms with Gasteiger partial charge in [0.15, 0.2) is 0 Å². The van der Waals surface area contributed by atoms with E-state index < -0.39 is 5.54 Å². The number of carbonyl (C=O) groups excluding carboxylic acids is 2. The molecule has 6 nitrogen and oxygen atoms in total. The summed E-state index contributed by atoms with van der Waals surface area (Å²) in [5, 5.41) is 8.96. The number of rotatable bonds is 3. The van der Waals surface area contributed by atoms with Crippen molar-refractivity contribution in [1.29, 1.82) is 5.26 Å². The van der Waals surface area contributed by atoms with Crippen LogP contribution >= 0.6 is 0 Å². The number of hydrogen-bond acceptors (Lipinski definition) is 4. The molecule has 0 aromatic carbocycles. The van der Waals surface area contributed by atoms with Crippen LogP contribution < -0.4 is 0 Å². The Balaban J connectivity index is 2.36. The summed E-state index contributed by atoms with van der Waals surface area (Å²) in [5.41, 5.74) is -0.0795. The zero-order valence-electron chi connectivity index (χ0n) is 13.3. The molecular weight excluding hydrogens is 282 g/mol. The van der Waals surface area contributed by atoms with Gasteiger partial charge in [-0.1, -0.05) is 19.3 Å². The van der Waals surface area contributed by atoms with E-state index in [0.29, 0.717) is 24.1 Å². The molecule has 0 saturated heterocycles. The van der Waals surface area contributed by atoms with Crippen molar-refractivity contribution in [3.63, 3.8) is 0 Å². The first-order chi connectivity index (χ1) is 10.5. The van der Waals surface area contributed by atoms with Crippen LogP contribution in [0.1, 0.15) is 48.2 Å². The molecular formula is C16H21N3O3. The zero-order chi connectivity index (χ0) is 16.3. The quantitative estimate of drug-likeness (QED) is 0.799. The van der Waals surface area contributed by atoms with E-state index in [9.17, 15) is 9.59 Å². The number of amides is 1. The molecule has 1 aliphatic rings. The van der Waals surface area contributed by atoms with Crippen molar-refractivity contribution in [2.24, 2.45) is 7.05 Å². The Morgan fingerprint density at radius 2 is 2.00 bits per heavy atom. The summed E-state index contributed by atoms with van der Waals surface area (Å²) in [7, 11) is 4.71. The van der Waals surface area contributed by atoms with E-state index >= 15 is 0 Å². The number of carbonyl (C=O) groups is 2. The first kappa shape index (κ1) is 16.1. The van der Waals surface area contributed by atoms with Crippen LogP contribution in [0.4, 0.5) is 0 Å². The van der Waals surface area contributed by atoms with Gasteiger partial charge in [-0.2, -0.15) is 5.26 Å². The van der Waals surface area contributed by atoms with Gasteiger partial charge in [-0.3, -0.25) is 4.79 Å². The minimum absolute atomic E-state index is 0.267. The van der Waals surface area contributed by atoms with Gasteiger partial charge < -0.3 is 14.2 Å². The molecule has 1 amide bonds. The van der Waals surface area contributed by atoms with Crippen molar-refractivity contribution in [1.82, 2.24) is 9.47 Å². The fraction of sp³-hybridized carbons (Fsp3) is 0.562. The van der Waals surface area contributed by atoms with Crippen LogP contribution in [0.3, 0.4) is 0 Å². The summed E-state index contributed by atoms with van der Waals surface area (Å²) in [4.78, 5) is 26.6. The second-order valence-electron chi connectivity index (χ2n) is 5.78. The number of nitriles is 1. The van der Waals surface area contributed by atoms with E-state index in [-0.39, 0.29) is 11.9 Å². The highest BCUT2D eigenvalue weighted by Crippen LogP contribution is 2.35. The lowest BCUT2D eigenvalue weighted by Gasteiger charge is -2.41. The van der Waals surface area contributed by atoms with Crippen molar-refractivity contribution < 1.29 is 14.3 Å². The maximum absolute atomic E-state index is 12.8. The molecule has 1 saturated carbocycles. The number of methoxy groups -OCH3 is 1. The first-order valence-electron chi connectivity index (χ1n) is 7.39. The molecule has 6 heteroatoms. The molecule has 0 aliphatic heterocycles. The van der Waals surface area contributed by atoms with Gasteiger partial charge in [0.05, 0.1) is 12.7 Å². The maximum atomic E-state index is 12.8. The smallest absolute Gasteiger partial charge is 0.331 e. The molecule has 2 rings (SSSR count). The molecule has 1 fully saturated rings. The fourth-order valence-electron chi connectivity index (χ4n) is 3.21. The van der Waals surface area contributed by atoms with Crippen LogP contribution in [0.2, 0.25) is 0 Å². The molecule has 1 aromatic rings. The standard InChI is InChI=1S/C16H21N3O3/c1-18-11-12(10-17)9-13(18)14(20)19(2)16(15(21)22-3)7-5-4-6-8-16/h9,11H,4-8H2,1-3H3. The van der Waals surface area contributed by atoms with E-state index in [1.807, 2.05) is 6.07 Å². The van der Waals surface area contributed by atoms with Crippen LogP contribution in [0.5, 0.6) is 0 Å². The molecule has 22 heavy (non-hydrogen) atoms. The molecule has 118 valence electrons. The van der Waals surface area contributed by atoms with Crippen molar-refractivity contribution in [3.8, 4) is 6.07 Å². The summed E-state index contributed by atoms with van der Waals surface area (Å²) in [5.74, 6) is -0.630. The van der Waals surface area contributed by atoms with Gasteiger partial charge >= 0.3 is 5.97 Å². The Bertz CT molecular complexity index is 621. The topological polar surface area (TPSA) is 75.3 Å². The lowest BCUT2D eigenvalue weighted by Crippen LogP contribution is -2.57. The number of esters is 1. The fourth-order valence-corrected chi connectivity index (χ4v) is 3.21. The summed E-state index contributed by atoms with van der Waals surface area (Å²) in [6.07, 6.45) is 5.66. The summed E-state index contributed by atoms with van der Waals surface area (Å²) < 4.78 is 6.58. The lowest BCUT2D eigenvalue weighted by atomic mass is 9.80. The third-order valence-corrected chi connectivity index (χ3v) is 4.55. The zero-order valence-corrected chi connectivity index (χ0v) is 13.3.